The van der Waals surface area contributed by atoms with Crippen molar-refractivity contribution in [2.24, 2.45) is 17.8 Å². The minimum atomic E-state index is 0.392. The molecule has 0 spiro atoms. The Kier molecular flexibility index (Phi) is 1.50. The van der Waals surface area contributed by atoms with E-state index in [4.69, 9.17) is 5.11 Å². The largest absolute Gasteiger partial charge is 0.396 e. The molecule has 13 heavy (non-hydrogen) atoms. The number of benzene rings is 1. The smallest absolute Gasteiger partial charge is 0.0465 e. The van der Waals surface area contributed by atoms with E-state index in [-0.39, 0.29) is 0 Å². The van der Waals surface area contributed by atoms with Crippen LogP contribution in [-0.2, 0) is 12.8 Å². The summed E-state index contributed by atoms with van der Waals surface area (Å²) in [4.78, 5) is 0. The van der Waals surface area contributed by atoms with Crippen LogP contribution in [0.15, 0.2) is 24.3 Å². The fourth-order valence-electron chi connectivity index (χ4n) is 2.86. The van der Waals surface area contributed by atoms with Crippen LogP contribution in [0.25, 0.3) is 0 Å². The van der Waals surface area contributed by atoms with Crippen LogP contribution in [0.3, 0.4) is 0 Å². The average molecular weight is 174 g/mol. The van der Waals surface area contributed by atoms with E-state index in [1.54, 1.807) is 0 Å². The summed E-state index contributed by atoms with van der Waals surface area (Å²) in [5.74, 6) is 2.19. The number of hydrogen-bond donors (Lipinski definition) is 1. The highest BCUT2D eigenvalue weighted by atomic mass is 16.3. The van der Waals surface area contributed by atoms with E-state index in [0.717, 1.165) is 11.8 Å². The summed E-state index contributed by atoms with van der Waals surface area (Å²) in [5.41, 5.74) is 3.03. The SMILES string of the molecule is OCC1[C@H]2Cc3ccccc3C[C@@H]12. The third-order valence-electron chi connectivity index (χ3n) is 3.75. The van der Waals surface area contributed by atoms with Gasteiger partial charge in [-0.1, -0.05) is 24.3 Å². The van der Waals surface area contributed by atoms with Crippen LogP contribution in [0, 0.1) is 17.8 Å². The number of fused-ring (bicyclic) bond motifs is 2. The van der Waals surface area contributed by atoms with Crippen LogP contribution in [0.5, 0.6) is 0 Å². The highest BCUT2D eigenvalue weighted by molar-refractivity contribution is 5.33. The van der Waals surface area contributed by atoms with E-state index in [1.165, 1.54) is 24.0 Å². The highest BCUT2D eigenvalue weighted by Crippen LogP contribution is 2.53. The van der Waals surface area contributed by atoms with Gasteiger partial charge in [-0.2, -0.15) is 0 Å². The fourth-order valence-corrected chi connectivity index (χ4v) is 2.86. The first-order chi connectivity index (χ1) is 6.40. The first-order valence-electron chi connectivity index (χ1n) is 5.08. The Morgan fingerprint density at radius 1 is 1.08 bits per heavy atom. The van der Waals surface area contributed by atoms with Gasteiger partial charge in [0.1, 0.15) is 0 Å². The third kappa shape index (κ3) is 1.03. The molecule has 0 aliphatic heterocycles. The second-order valence-corrected chi connectivity index (χ2v) is 4.35. The summed E-state index contributed by atoms with van der Waals surface area (Å²) in [5, 5.41) is 9.12. The zero-order valence-corrected chi connectivity index (χ0v) is 7.61. The molecule has 0 amide bonds. The Morgan fingerprint density at radius 2 is 1.62 bits per heavy atom. The minimum absolute atomic E-state index is 0.392. The van der Waals surface area contributed by atoms with E-state index in [0.29, 0.717) is 12.5 Å². The van der Waals surface area contributed by atoms with Crippen LogP contribution in [0.1, 0.15) is 11.1 Å². The van der Waals surface area contributed by atoms with E-state index < -0.39 is 0 Å². The number of hydrogen-bond acceptors (Lipinski definition) is 1. The van der Waals surface area contributed by atoms with Crippen molar-refractivity contribution in [3.8, 4) is 0 Å². The average Bonchev–Trinajstić information content (AvgIpc) is 2.86. The van der Waals surface area contributed by atoms with E-state index >= 15 is 0 Å². The van der Waals surface area contributed by atoms with Gasteiger partial charge in [-0.05, 0) is 41.7 Å². The summed E-state index contributed by atoms with van der Waals surface area (Å²) in [6.07, 6.45) is 2.40. The maximum absolute atomic E-state index is 9.12. The molecule has 0 bridgehead atoms. The lowest BCUT2D eigenvalue weighted by Gasteiger charge is -2.13. The van der Waals surface area contributed by atoms with Gasteiger partial charge in [-0.25, -0.2) is 0 Å². The third-order valence-corrected chi connectivity index (χ3v) is 3.75. The van der Waals surface area contributed by atoms with Crippen molar-refractivity contribution in [2.75, 3.05) is 6.61 Å². The monoisotopic (exact) mass is 174 g/mol. The molecule has 3 atom stereocenters. The lowest BCUT2D eigenvalue weighted by atomic mass is 9.92. The zero-order chi connectivity index (χ0) is 8.84. The van der Waals surface area contributed by atoms with Gasteiger partial charge in [-0.15, -0.1) is 0 Å². The first kappa shape index (κ1) is 7.57. The Bertz CT molecular complexity index is 301. The minimum Gasteiger partial charge on any atom is -0.396 e. The van der Waals surface area contributed by atoms with Gasteiger partial charge in [-0.3, -0.25) is 0 Å². The predicted molar refractivity (Wildman–Crippen MR) is 51.4 cm³/mol. The fraction of sp³-hybridized carbons (Fsp3) is 0.500. The lowest BCUT2D eigenvalue weighted by molar-refractivity contribution is 0.264. The molecular weight excluding hydrogens is 160 g/mol. The Labute approximate surface area is 78.4 Å². The molecule has 0 saturated heterocycles. The van der Waals surface area contributed by atoms with Gasteiger partial charge in [0.2, 0.25) is 0 Å². The Balaban J connectivity index is 1.90. The lowest BCUT2D eigenvalue weighted by Crippen LogP contribution is -2.04. The zero-order valence-electron chi connectivity index (χ0n) is 7.61. The second kappa shape index (κ2) is 2.58. The molecular formula is C12H14O. The van der Waals surface area contributed by atoms with Gasteiger partial charge in [0.15, 0.2) is 0 Å². The quantitative estimate of drug-likeness (QED) is 0.686. The normalized spacial score (nSPS) is 35.0. The standard InChI is InChI=1S/C12H14O/c13-7-12-10-5-8-3-1-2-4-9(8)6-11(10)12/h1-4,10-13H,5-7H2/t10-,11+,12?. The van der Waals surface area contributed by atoms with Crippen molar-refractivity contribution in [3.05, 3.63) is 35.4 Å². The number of aliphatic hydroxyl groups excluding tert-OH is 1. The van der Waals surface area contributed by atoms with Crippen molar-refractivity contribution in [1.82, 2.24) is 0 Å². The van der Waals surface area contributed by atoms with Gasteiger partial charge >= 0.3 is 0 Å². The van der Waals surface area contributed by atoms with E-state index in [1.807, 2.05) is 0 Å². The summed E-state index contributed by atoms with van der Waals surface area (Å²) < 4.78 is 0. The molecule has 68 valence electrons. The highest BCUT2D eigenvalue weighted by Gasteiger charge is 2.51. The van der Waals surface area contributed by atoms with E-state index in [9.17, 15) is 0 Å². The van der Waals surface area contributed by atoms with Crippen molar-refractivity contribution in [1.29, 1.82) is 0 Å². The first-order valence-corrected chi connectivity index (χ1v) is 5.08. The molecule has 1 aromatic rings. The summed E-state index contributed by atoms with van der Waals surface area (Å²) >= 11 is 0. The van der Waals surface area contributed by atoms with Crippen molar-refractivity contribution < 1.29 is 5.11 Å². The maximum Gasteiger partial charge on any atom is 0.0465 e. The molecule has 1 saturated carbocycles. The molecule has 1 N–H and O–H groups in total. The van der Waals surface area contributed by atoms with Crippen LogP contribution in [0.4, 0.5) is 0 Å². The molecule has 1 fully saturated rings. The summed E-state index contributed by atoms with van der Waals surface area (Å²) in [6, 6.07) is 8.71. The molecule has 1 nitrogen and oxygen atoms in total. The molecule has 2 aliphatic rings. The van der Waals surface area contributed by atoms with Crippen molar-refractivity contribution >= 4 is 0 Å². The van der Waals surface area contributed by atoms with Gasteiger partial charge in [0, 0.05) is 6.61 Å². The van der Waals surface area contributed by atoms with Crippen LogP contribution in [-0.4, -0.2) is 11.7 Å². The van der Waals surface area contributed by atoms with Gasteiger partial charge in [0.05, 0.1) is 0 Å². The van der Waals surface area contributed by atoms with Crippen LogP contribution < -0.4 is 0 Å². The van der Waals surface area contributed by atoms with Gasteiger partial charge in [0.25, 0.3) is 0 Å². The van der Waals surface area contributed by atoms with Gasteiger partial charge < -0.3 is 5.11 Å². The topological polar surface area (TPSA) is 20.2 Å². The number of rotatable bonds is 1. The molecule has 1 heteroatoms. The van der Waals surface area contributed by atoms with Crippen LogP contribution >= 0.6 is 0 Å². The molecule has 0 heterocycles. The summed E-state index contributed by atoms with van der Waals surface area (Å²) in [6.45, 7) is 0.392. The Morgan fingerprint density at radius 3 is 2.08 bits per heavy atom. The molecule has 0 radical (unpaired) electrons. The molecule has 2 aliphatic carbocycles. The summed E-state index contributed by atoms with van der Waals surface area (Å²) in [7, 11) is 0. The van der Waals surface area contributed by atoms with Crippen LogP contribution in [0.2, 0.25) is 0 Å². The molecule has 0 aromatic heterocycles. The molecule has 1 aromatic carbocycles. The predicted octanol–water partition coefficient (Wildman–Crippen LogP) is 1.64. The van der Waals surface area contributed by atoms with Crippen molar-refractivity contribution in [3.63, 3.8) is 0 Å². The maximum atomic E-state index is 9.12. The number of aliphatic hydroxyl groups is 1. The van der Waals surface area contributed by atoms with Crippen molar-refractivity contribution in [2.45, 2.75) is 12.8 Å². The Hall–Kier alpha value is -0.820. The molecule has 3 rings (SSSR count). The second-order valence-electron chi connectivity index (χ2n) is 4.35. The van der Waals surface area contributed by atoms with E-state index in [2.05, 4.69) is 24.3 Å². The molecule has 1 unspecified atom stereocenters.